The number of hydrogen-bond acceptors (Lipinski definition) is 4. The second-order valence-corrected chi connectivity index (χ2v) is 4.22. The summed E-state index contributed by atoms with van der Waals surface area (Å²) in [7, 11) is 0. The molecule has 0 radical (unpaired) electrons. The Bertz CT molecular complexity index is 418. The molecule has 0 N–H and O–H groups in total. The van der Waals surface area contributed by atoms with Crippen molar-refractivity contribution in [2.45, 2.75) is 20.8 Å². The van der Waals surface area contributed by atoms with Gasteiger partial charge >= 0.3 is 5.97 Å². The van der Waals surface area contributed by atoms with Gasteiger partial charge in [-0.1, -0.05) is 0 Å². The Kier molecular flexibility index (Phi) is 5.98. The first-order valence-corrected chi connectivity index (χ1v) is 6.69. The van der Waals surface area contributed by atoms with Gasteiger partial charge < -0.3 is 14.2 Å². The van der Waals surface area contributed by atoms with Gasteiger partial charge in [-0.15, -0.1) is 0 Å². The van der Waals surface area contributed by atoms with Gasteiger partial charge in [0.05, 0.1) is 24.3 Å². The van der Waals surface area contributed by atoms with Crippen molar-refractivity contribution < 1.29 is 19.0 Å². The molecule has 0 aliphatic carbocycles. The highest BCUT2D eigenvalue weighted by atomic mass is 79.9. The molecule has 0 fully saturated rings. The number of rotatable bonds is 6. The van der Waals surface area contributed by atoms with Gasteiger partial charge in [-0.2, -0.15) is 0 Å². The summed E-state index contributed by atoms with van der Waals surface area (Å²) in [5, 5.41) is 0. The second-order valence-electron chi connectivity index (χ2n) is 3.37. The largest absolute Gasteiger partial charge is 0.493 e. The molecular weight excluding hydrogens is 300 g/mol. The minimum Gasteiger partial charge on any atom is -0.493 e. The zero-order chi connectivity index (χ0) is 13.5. The number of carbonyl (C=O) groups is 1. The lowest BCUT2D eigenvalue weighted by Gasteiger charge is -2.13. The number of hydrogen-bond donors (Lipinski definition) is 0. The second kappa shape index (κ2) is 7.26. The first-order chi connectivity index (χ1) is 8.63. The van der Waals surface area contributed by atoms with Gasteiger partial charge in [0.1, 0.15) is 17.1 Å². The van der Waals surface area contributed by atoms with Crippen molar-refractivity contribution in [2.75, 3.05) is 19.8 Å². The average molecular weight is 317 g/mol. The summed E-state index contributed by atoms with van der Waals surface area (Å²) in [6.45, 7) is 6.86. The number of esters is 1. The topological polar surface area (TPSA) is 44.8 Å². The van der Waals surface area contributed by atoms with Crippen molar-refractivity contribution in [1.29, 1.82) is 0 Å². The fraction of sp³-hybridized carbons (Fsp3) is 0.462. The quantitative estimate of drug-likeness (QED) is 0.754. The van der Waals surface area contributed by atoms with E-state index in [9.17, 15) is 4.79 Å². The maximum atomic E-state index is 11.8. The normalized spacial score (nSPS) is 10.0. The van der Waals surface area contributed by atoms with Gasteiger partial charge in [0.25, 0.3) is 0 Å². The van der Waals surface area contributed by atoms with E-state index in [4.69, 9.17) is 14.2 Å². The molecule has 0 unspecified atom stereocenters. The van der Waals surface area contributed by atoms with Crippen LogP contribution in [-0.2, 0) is 4.74 Å². The summed E-state index contributed by atoms with van der Waals surface area (Å²) in [5.41, 5.74) is 0.397. The Morgan fingerprint density at radius 2 is 1.67 bits per heavy atom. The third kappa shape index (κ3) is 3.63. The molecule has 5 heteroatoms. The van der Waals surface area contributed by atoms with Crippen LogP contribution in [0.5, 0.6) is 11.5 Å². The first-order valence-electron chi connectivity index (χ1n) is 5.90. The molecule has 0 heterocycles. The van der Waals surface area contributed by atoms with Gasteiger partial charge in [-0.3, -0.25) is 0 Å². The monoisotopic (exact) mass is 316 g/mol. The van der Waals surface area contributed by atoms with Crippen LogP contribution in [0.15, 0.2) is 16.6 Å². The van der Waals surface area contributed by atoms with E-state index in [1.165, 1.54) is 0 Å². The molecule has 0 saturated heterocycles. The number of ether oxygens (including phenoxy) is 3. The molecule has 18 heavy (non-hydrogen) atoms. The van der Waals surface area contributed by atoms with Crippen molar-refractivity contribution in [3.8, 4) is 11.5 Å². The van der Waals surface area contributed by atoms with Crippen LogP contribution in [-0.4, -0.2) is 25.8 Å². The van der Waals surface area contributed by atoms with Crippen LogP contribution in [0.2, 0.25) is 0 Å². The average Bonchev–Trinajstić information content (AvgIpc) is 2.34. The maximum absolute atomic E-state index is 11.8. The molecule has 0 aliphatic rings. The Labute approximate surface area is 115 Å². The van der Waals surface area contributed by atoms with Gasteiger partial charge in [-0.25, -0.2) is 4.79 Å². The highest BCUT2D eigenvalue weighted by Gasteiger charge is 2.17. The third-order valence-electron chi connectivity index (χ3n) is 2.13. The SMILES string of the molecule is CCOC(=O)c1cc(Br)c(OCC)cc1OCC. The number of halogens is 1. The lowest BCUT2D eigenvalue weighted by molar-refractivity contribution is 0.0522. The molecule has 0 aromatic heterocycles. The van der Waals surface area contributed by atoms with E-state index in [0.717, 1.165) is 0 Å². The fourth-order valence-electron chi connectivity index (χ4n) is 1.44. The standard InChI is InChI=1S/C13H17BrO4/c1-4-16-11-8-12(17-5-2)10(14)7-9(11)13(15)18-6-3/h7-8H,4-6H2,1-3H3. The van der Waals surface area contributed by atoms with Crippen molar-refractivity contribution in [3.63, 3.8) is 0 Å². The smallest absolute Gasteiger partial charge is 0.341 e. The van der Waals surface area contributed by atoms with E-state index in [2.05, 4.69) is 15.9 Å². The first kappa shape index (κ1) is 14.8. The van der Waals surface area contributed by atoms with Crippen LogP contribution in [0.25, 0.3) is 0 Å². The van der Waals surface area contributed by atoms with Crippen LogP contribution < -0.4 is 9.47 Å². The van der Waals surface area contributed by atoms with Crippen molar-refractivity contribution >= 4 is 21.9 Å². The summed E-state index contributed by atoms with van der Waals surface area (Å²) < 4.78 is 16.6. The maximum Gasteiger partial charge on any atom is 0.341 e. The van der Waals surface area contributed by atoms with E-state index < -0.39 is 5.97 Å². The molecule has 1 rings (SSSR count). The van der Waals surface area contributed by atoms with Crippen molar-refractivity contribution in [2.24, 2.45) is 0 Å². The molecule has 100 valence electrons. The van der Waals surface area contributed by atoms with E-state index in [0.29, 0.717) is 41.4 Å². The van der Waals surface area contributed by atoms with Gasteiger partial charge in [0.2, 0.25) is 0 Å². The Hall–Kier alpha value is -1.23. The van der Waals surface area contributed by atoms with E-state index >= 15 is 0 Å². The summed E-state index contributed by atoms with van der Waals surface area (Å²) in [6.07, 6.45) is 0. The molecule has 1 aromatic carbocycles. The van der Waals surface area contributed by atoms with Gasteiger partial charge in [-0.05, 0) is 42.8 Å². The van der Waals surface area contributed by atoms with E-state index in [1.807, 2.05) is 13.8 Å². The van der Waals surface area contributed by atoms with Gasteiger partial charge in [0.15, 0.2) is 0 Å². The van der Waals surface area contributed by atoms with Crippen LogP contribution in [0, 0.1) is 0 Å². The predicted molar refractivity (Wildman–Crippen MR) is 72.4 cm³/mol. The van der Waals surface area contributed by atoms with Crippen LogP contribution in [0.1, 0.15) is 31.1 Å². The highest BCUT2D eigenvalue weighted by molar-refractivity contribution is 9.10. The zero-order valence-electron chi connectivity index (χ0n) is 10.8. The summed E-state index contributed by atoms with van der Waals surface area (Å²) >= 11 is 3.36. The molecule has 0 spiro atoms. The van der Waals surface area contributed by atoms with Crippen LogP contribution in [0.3, 0.4) is 0 Å². The Morgan fingerprint density at radius 3 is 2.22 bits per heavy atom. The zero-order valence-corrected chi connectivity index (χ0v) is 12.4. The van der Waals surface area contributed by atoms with Crippen molar-refractivity contribution in [1.82, 2.24) is 0 Å². The highest BCUT2D eigenvalue weighted by Crippen LogP contribution is 2.33. The lowest BCUT2D eigenvalue weighted by Crippen LogP contribution is -2.08. The number of benzene rings is 1. The van der Waals surface area contributed by atoms with E-state index in [1.54, 1.807) is 19.1 Å². The number of carbonyl (C=O) groups excluding carboxylic acids is 1. The fourth-order valence-corrected chi connectivity index (χ4v) is 1.90. The minimum absolute atomic E-state index is 0.329. The summed E-state index contributed by atoms with van der Waals surface area (Å²) in [5.74, 6) is 0.723. The molecular formula is C13H17BrO4. The van der Waals surface area contributed by atoms with Crippen LogP contribution in [0.4, 0.5) is 0 Å². The predicted octanol–water partition coefficient (Wildman–Crippen LogP) is 3.42. The minimum atomic E-state index is -0.398. The lowest BCUT2D eigenvalue weighted by atomic mass is 10.2. The van der Waals surface area contributed by atoms with Crippen molar-refractivity contribution in [3.05, 3.63) is 22.2 Å². The third-order valence-corrected chi connectivity index (χ3v) is 2.75. The molecule has 4 nitrogen and oxygen atoms in total. The molecule has 0 saturated carbocycles. The molecule has 0 aliphatic heterocycles. The Balaban J connectivity index is 3.15. The molecule has 0 atom stereocenters. The molecule has 0 amide bonds. The molecule has 1 aromatic rings. The molecule has 0 bridgehead atoms. The van der Waals surface area contributed by atoms with E-state index in [-0.39, 0.29) is 0 Å². The Morgan fingerprint density at radius 1 is 1.06 bits per heavy atom. The van der Waals surface area contributed by atoms with Gasteiger partial charge in [0, 0.05) is 6.07 Å². The summed E-state index contributed by atoms with van der Waals surface area (Å²) in [4.78, 5) is 11.8. The summed E-state index contributed by atoms with van der Waals surface area (Å²) in [6, 6.07) is 3.36. The van der Waals surface area contributed by atoms with Crippen LogP contribution >= 0.6 is 15.9 Å².